The summed E-state index contributed by atoms with van der Waals surface area (Å²) in [6, 6.07) is 7.92. The number of fused-ring (bicyclic) bond motifs is 1. The lowest BCUT2D eigenvalue weighted by atomic mass is 9.82. The summed E-state index contributed by atoms with van der Waals surface area (Å²) >= 11 is 3.28. The zero-order chi connectivity index (χ0) is 27.1. The molecular weight excluding hydrogens is 568 g/mol. The zero-order valence-corrected chi connectivity index (χ0v) is 23.1. The van der Waals surface area contributed by atoms with Gasteiger partial charge in [-0.3, -0.25) is 9.79 Å². The average molecular weight is 593 g/mol. The lowest BCUT2D eigenvalue weighted by molar-refractivity contribution is 0.0827. The highest BCUT2D eigenvalue weighted by molar-refractivity contribution is 9.10. The monoisotopic (exact) mass is 592 g/mol. The predicted octanol–water partition coefficient (Wildman–Crippen LogP) is 4.12. The van der Waals surface area contributed by atoms with Crippen molar-refractivity contribution in [3.05, 3.63) is 50.8 Å². The molecule has 0 unspecified atom stereocenters. The van der Waals surface area contributed by atoms with Crippen LogP contribution in [-0.4, -0.2) is 51.8 Å². The Morgan fingerprint density at radius 2 is 1.89 bits per heavy atom. The summed E-state index contributed by atoms with van der Waals surface area (Å²) < 4.78 is 42.2. The molecule has 2 aromatic rings. The first kappa shape index (κ1) is 26.5. The van der Waals surface area contributed by atoms with Crippen LogP contribution in [-0.2, 0) is 10.2 Å². The normalized spacial score (nSPS) is 17.7. The Morgan fingerprint density at radius 1 is 1.19 bits per heavy atom. The van der Waals surface area contributed by atoms with E-state index in [9.17, 15) is 18.1 Å². The van der Waals surface area contributed by atoms with Crippen LogP contribution in [0.15, 0.2) is 49.4 Å². The first-order valence-corrected chi connectivity index (χ1v) is 13.3. The van der Waals surface area contributed by atoms with Crippen molar-refractivity contribution in [1.29, 1.82) is 0 Å². The standard InChI is InChI=1S/C23H25BrN6O6S/c1-23(2,3)19(12-6-9-15-16(10-12)36-11-35-15)26-21-20(28-37(33,34)29-21)25-14-8-7-13(24)17(18(14)27-32)22(31)30(4)5/h6-10,19H,11H2,1-5H3,(H,25,28)(H,26,29)/t19-/m0/s1. The number of aliphatic imine (C=N–C) groups is 1. The van der Waals surface area contributed by atoms with Crippen molar-refractivity contribution in [2.75, 3.05) is 26.2 Å². The number of amidine groups is 2. The largest absolute Gasteiger partial charge is 0.454 e. The molecule has 0 bridgehead atoms. The molecule has 196 valence electrons. The van der Waals surface area contributed by atoms with Gasteiger partial charge in [0.05, 0.1) is 17.3 Å². The number of amides is 1. The summed E-state index contributed by atoms with van der Waals surface area (Å²) in [6.07, 6.45) is 0. The minimum atomic E-state index is -4.11. The molecule has 0 saturated heterocycles. The van der Waals surface area contributed by atoms with Gasteiger partial charge in [0.15, 0.2) is 23.2 Å². The van der Waals surface area contributed by atoms with Crippen molar-refractivity contribution in [3.63, 3.8) is 0 Å². The minimum absolute atomic E-state index is 0.0193. The SMILES string of the molecule is CN(C)C(=O)c1c(Br)ccc(NC2=NS(=O)(=O)NC2=N[C@@H](c2ccc3c(c2)OCO3)C(C)(C)C)c1N=O. The average Bonchev–Trinajstić information content (AvgIpc) is 3.39. The first-order chi connectivity index (χ1) is 17.3. The van der Waals surface area contributed by atoms with Crippen LogP contribution in [0.2, 0.25) is 0 Å². The molecule has 2 aromatic carbocycles. The number of hydrogen-bond donors (Lipinski definition) is 2. The molecule has 37 heavy (non-hydrogen) atoms. The molecule has 0 fully saturated rings. The number of halogens is 1. The fourth-order valence-corrected chi connectivity index (χ4v) is 5.12. The third-order valence-electron chi connectivity index (χ3n) is 5.54. The molecule has 1 atom stereocenters. The zero-order valence-electron chi connectivity index (χ0n) is 20.7. The predicted molar refractivity (Wildman–Crippen MR) is 143 cm³/mol. The van der Waals surface area contributed by atoms with Crippen molar-refractivity contribution < 1.29 is 22.7 Å². The van der Waals surface area contributed by atoms with Crippen LogP contribution in [0.3, 0.4) is 0 Å². The Labute approximate surface area is 222 Å². The van der Waals surface area contributed by atoms with E-state index < -0.39 is 27.6 Å². The fourth-order valence-electron chi connectivity index (χ4n) is 3.82. The number of rotatable bonds is 5. The number of hydrogen-bond acceptors (Lipinski definition) is 9. The van der Waals surface area contributed by atoms with Crippen LogP contribution in [0.4, 0.5) is 11.4 Å². The van der Waals surface area contributed by atoms with E-state index in [1.807, 2.05) is 26.8 Å². The molecule has 0 aromatic heterocycles. The molecule has 0 spiro atoms. The van der Waals surface area contributed by atoms with Gasteiger partial charge in [-0.15, -0.1) is 9.30 Å². The smallest absolute Gasteiger partial charge is 0.345 e. The molecule has 0 radical (unpaired) electrons. The molecular formula is C23H25BrN6O6S. The number of nitrogens with one attached hydrogen (secondary N) is 2. The summed E-state index contributed by atoms with van der Waals surface area (Å²) in [7, 11) is -1.04. The van der Waals surface area contributed by atoms with E-state index in [0.717, 1.165) is 5.56 Å². The van der Waals surface area contributed by atoms with E-state index in [4.69, 9.17) is 14.5 Å². The van der Waals surface area contributed by atoms with Crippen molar-refractivity contribution in [3.8, 4) is 11.5 Å². The summed E-state index contributed by atoms with van der Waals surface area (Å²) in [5, 5.41) is 5.86. The van der Waals surface area contributed by atoms with E-state index in [2.05, 4.69) is 35.5 Å². The van der Waals surface area contributed by atoms with E-state index in [0.29, 0.717) is 16.0 Å². The Morgan fingerprint density at radius 3 is 2.54 bits per heavy atom. The quantitative estimate of drug-likeness (QED) is 0.495. The molecule has 2 heterocycles. The lowest BCUT2D eigenvalue weighted by Gasteiger charge is -2.28. The molecule has 0 aliphatic carbocycles. The van der Waals surface area contributed by atoms with Gasteiger partial charge in [0.2, 0.25) is 6.79 Å². The Balaban J connectivity index is 1.77. The molecule has 0 saturated carbocycles. The lowest BCUT2D eigenvalue weighted by Crippen LogP contribution is -2.32. The third-order valence-corrected chi connectivity index (χ3v) is 7.08. The summed E-state index contributed by atoms with van der Waals surface area (Å²) in [4.78, 5) is 30.5. The number of carbonyl (C=O) groups excluding carboxylic acids is 1. The van der Waals surface area contributed by atoms with Gasteiger partial charge < -0.3 is 19.7 Å². The van der Waals surface area contributed by atoms with Crippen molar-refractivity contribution >= 4 is 55.1 Å². The molecule has 12 nitrogen and oxygen atoms in total. The highest BCUT2D eigenvalue weighted by atomic mass is 79.9. The topological polar surface area (TPSA) is 151 Å². The maximum Gasteiger partial charge on any atom is 0.345 e. The number of nitrogens with zero attached hydrogens (tertiary/aromatic N) is 4. The molecule has 1 amide bonds. The van der Waals surface area contributed by atoms with E-state index in [1.165, 1.54) is 25.1 Å². The molecule has 14 heteroatoms. The Hall–Kier alpha value is -3.52. The fraction of sp³-hybridized carbons (Fsp3) is 0.348. The second kappa shape index (κ2) is 9.74. The van der Waals surface area contributed by atoms with Gasteiger partial charge in [0, 0.05) is 18.6 Å². The van der Waals surface area contributed by atoms with Crippen LogP contribution in [0.5, 0.6) is 11.5 Å². The van der Waals surface area contributed by atoms with Gasteiger partial charge in [-0.2, -0.15) is 8.42 Å². The van der Waals surface area contributed by atoms with Gasteiger partial charge in [-0.05, 0) is 56.4 Å². The summed E-state index contributed by atoms with van der Waals surface area (Å²) in [6.45, 7) is 6.00. The number of anilines is 1. The van der Waals surface area contributed by atoms with Gasteiger partial charge >= 0.3 is 10.2 Å². The third kappa shape index (κ3) is 5.44. The van der Waals surface area contributed by atoms with Crippen LogP contribution < -0.4 is 19.5 Å². The Bertz CT molecular complexity index is 1450. The molecule has 2 aliphatic rings. The maximum absolute atomic E-state index is 12.7. The van der Waals surface area contributed by atoms with E-state index in [-0.39, 0.29) is 35.4 Å². The highest BCUT2D eigenvalue weighted by Crippen LogP contribution is 2.42. The van der Waals surface area contributed by atoms with Gasteiger partial charge in [-0.1, -0.05) is 26.8 Å². The van der Waals surface area contributed by atoms with E-state index >= 15 is 0 Å². The van der Waals surface area contributed by atoms with Crippen molar-refractivity contribution in [2.24, 2.45) is 20.0 Å². The summed E-state index contributed by atoms with van der Waals surface area (Å²) in [5.74, 6) is 0.513. The first-order valence-electron chi connectivity index (χ1n) is 11.1. The second-order valence-corrected chi connectivity index (χ2v) is 11.8. The van der Waals surface area contributed by atoms with Gasteiger partial charge in [0.25, 0.3) is 5.91 Å². The maximum atomic E-state index is 12.7. The van der Waals surface area contributed by atoms with Crippen LogP contribution in [0.25, 0.3) is 0 Å². The van der Waals surface area contributed by atoms with E-state index in [1.54, 1.807) is 18.2 Å². The number of nitroso groups, excluding NO2 is 1. The molecule has 2 N–H and O–H groups in total. The number of benzene rings is 2. The number of ether oxygens (including phenoxy) is 2. The van der Waals surface area contributed by atoms with Gasteiger partial charge in [0.1, 0.15) is 5.69 Å². The van der Waals surface area contributed by atoms with Crippen LogP contribution in [0, 0.1) is 10.3 Å². The van der Waals surface area contributed by atoms with Gasteiger partial charge in [-0.25, -0.2) is 4.72 Å². The highest BCUT2D eigenvalue weighted by Gasteiger charge is 2.33. The molecule has 4 rings (SSSR count). The van der Waals surface area contributed by atoms with Crippen LogP contribution >= 0.6 is 15.9 Å². The summed E-state index contributed by atoms with van der Waals surface area (Å²) in [5.41, 5.74) is 0.225. The van der Waals surface area contributed by atoms with Crippen LogP contribution in [0.1, 0.15) is 42.7 Å². The Kier molecular flexibility index (Phi) is 6.99. The molecule has 2 aliphatic heterocycles. The number of carbonyl (C=O) groups is 1. The second-order valence-electron chi connectivity index (χ2n) is 9.61. The minimum Gasteiger partial charge on any atom is -0.454 e. The van der Waals surface area contributed by atoms with Crippen molar-refractivity contribution in [1.82, 2.24) is 9.62 Å². The van der Waals surface area contributed by atoms with Crippen molar-refractivity contribution in [2.45, 2.75) is 26.8 Å².